The fraction of sp³-hybridized carbons (Fsp3) is 0.519. The molecule has 3 atom stereocenters. The third kappa shape index (κ3) is 4.56. The van der Waals surface area contributed by atoms with Crippen molar-refractivity contribution in [2.75, 3.05) is 13.2 Å². The van der Waals surface area contributed by atoms with Crippen LogP contribution in [0.15, 0.2) is 48.5 Å². The fourth-order valence-electron chi connectivity index (χ4n) is 5.93. The molecule has 0 aliphatic heterocycles. The average molecular weight is 423 g/mol. The minimum Gasteiger partial charge on any atom is -0.478 e. The van der Waals surface area contributed by atoms with Crippen LogP contribution in [0.4, 0.5) is 0 Å². The molecule has 1 saturated carbocycles. The summed E-state index contributed by atoms with van der Waals surface area (Å²) in [7, 11) is 0. The van der Waals surface area contributed by atoms with E-state index in [4.69, 9.17) is 4.74 Å². The Morgan fingerprint density at radius 1 is 1.16 bits per heavy atom. The van der Waals surface area contributed by atoms with Crippen LogP contribution in [0.5, 0.6) is 0 Å². The lowest BCUT2D eigenvalue weighted by Crippen LogP contribution is -2.51. The third-order valence-corrected chi connectivity index (χ3v) is 7.41. The minimum absolute atomic E-state index is 0.0821. The Morgan fingerprint density at radius 3 is 2.71 bits per heavy atom. The maximum Gasteiger partial charge on any atom is 0.335 e. The molecule has 166 valence electrons. The van der Waals surface area contributed by atoms with Crippen molar-refractivity contribution in [3.63, 3.8) is 0 Å². The maximum atomic E-state index is 11.6. The maximum absolute atomic E-state index is 11.6. The van der Waals surface area contributed by atoms with E-state index in [1.54, 1.807) is 6.07 Å². The summed E-state index contributed by atoms with van der Waals surface area (Å²) in [5.74, 6) is -0.527. The number of carboxylic acid groups (broad SMARTS) is 1. The van der Waals surface area contributed by atoms with Crippen LogP contribution in [0.2, 0.25) is 0 Å². The van der Waals surface area contributed by atoms with Crippen molar-refractivity contribution in [2.45, 2.75) is 69.3 Å². The van der Waals surface area contributed by atoms with Gasteiger partial charge < -0.3 is 14.9 Å². The Kier molecular flexibility index (Phi) is 6.49. The molecule has 0 heterocycles. The van der Waals surface area contributed by atoms with Gasteiger partial charge in [0.1, 0.15) is 0 Å². The lowest BCUT2D eigenvalue weighted by molar-refractivity contribution is -0.0987. The van der Waals surface area contributed by atoms with Gasteiger partial charge in [0.25, 0.3) is 0 Å². The molecule has 2 N–H and O–H groups in total. The van der Waals surface area contributed by atoms with E-state index in [2.05, 4.69) is 37.3 Å². The van der Waals surface area contributed by atoms with Crippen molar-refractivity contribution in [1.82, 2.24) is 0 Å². The molecule has 0 aromatic heterocycles. The van der Waals surface area contributed by atoms with E-state index in [0.717, 1.165) is 44.9 Å². The normalized spacial score (nSPS) is 27.7. The van der Waals surface area contributed by atoms with Gasteiger partial charge in [-0.25, -0.2) is 4.79 Å². The van der Waals surface area contributed by atoms with Gasteiger partial charge >= 0.3 is 5.97 Å². The number of aliphatic hydroxyl groups is 1. The number of carboxylic acids is 1. The zero-order valence-electron chi connectivity index (χ0n) is 18.5. The summed E-state index contributed by atoms with van der Waals surface area (Å²) >= 11 is 0. The second-order valence-electron chi connectivity index (χ2n) is 9.57. The monoisotopic (exact) mass is 422 g/mol. The highest BCUT2D eigenvalue weighted by molar-refractivity contribution is 5.88. The van der Waals surface area contributed by atoms with Crippen LogP contribution < -0.4 is 0 Å². The topological polar surface area (TPSA) is 66.8 Å². The van der Waals surface area contributed by atoms with E-state index in [1.807, 2.05) is 12.1 Å². The summed E-state index contributed by atoms with van der Waals surface area (Å²) in [6.07, 6.45) is 7.17. The highest BCUT2D eigenvalue weighted by Crippen LogP contribution is 2.53. The Hall–Kier alpha value is -2.17. The highest BCUT2D eigenvalue weighted by atomic mass is 16.5. The first kappa shape index (κ1) is 22.0. The van der Waals surface area contributed by atoms with Gasteiger partial charge in [0, 0.05) is 12.0 Å². The summed E-state index contributed by atoms with van der Waals surface area (Å²) in [5, 5.41) is 20.9. The highest BCUT2D eigenvalue weighted by Gasteiger charge is 2.50. The Labute approximate surface area is 185 Å². The van der Waals surface area contributed by atoms with E-state index in [0.29, 0.717) is 31.1 Å². The van der Waals surface area contributed by atoms with Gasteiger partial charge in [0.2, 0.25) is 0 Å². The van der Waals surface area contributed by atoms with Crippen molar-refractivity contribution < 1.29 is 19.7 Å². The molecule has 2 aromatic rings. The third-order valence-electron chi connectivity index (χ3n) is 7.41. The molecule has 2 aromatic carbocycles. The molecule has 2 aliphatic rings. The molecule has 0 saturated heterocycles. The first-order chi connectivity index (χ1) is 15.0. The molecule has 0 unspecified atom stereocenters. The SMILES string of the molecule is CCCOC[C@@]1(O)CC[C@@]2(Cc3ccccc3)c3ccc(C(=O)O)cc3CCC[C@H]2C1. The largest absolute Gasteiger partial charge is 0.478 e. The molecule has 0 bridgehead atoms. The first-order valence-corrected chi connectivity index (χ1v) is 11.7. The van der Waals surface area contributed by atoms with Crippen molar-refractivity contribution >= 4 is 5.97 Å². The van der Waals surface area contributed by atoms with Crippen molar-refractivity contribution in [3.05, 3.63) is 70.8 Å². The predicted molar refractivity (Wildman–Crippen MR) is 122 cm³/mol. The minimum atomic E-state index is -0.869. The van der Waals surface area contributed by atoms with Crippen LogP contribution in [0, 0.1) is 5.92 Å². The Morgan fingerprint density at radius 2 is 1.97 bits per heavy atom. The summed E-state index contributed by atoms with van der Waals surface area (Å²) in [6.45, 7) is 3.18. The second-order valence-corrected chi connectivity index (χ2v) is 9.57. The molecular weight excluding hydrogens is 388 g/mol. The summed E-state index contributed by atoms with van der Waals surface area (Å²) < 4.78 is 5.78. The van der Waals surface area contributed by atoms with Crippen molar-refractivity contribution in [3.8, 4) is 0 Å². The molecule has 4 rings (SSSR count). The zero-order valence-corrected chi connectivity index (χ0v) is 18.5. The lowest BCUT2D eigenvalue weighted by Gasteiger charge is -2.50. The summed E-state index contributed by atoms with van der Waals surface area (Å²) in [4.78, 5) is 11.6. The fourth-order valence-corrected chi connectivity index (χ4v) is 5.93. The standard InChI is InChI=1S/C27H34O4/c1-2-15-31-19-26(30)13-14-27(17-20-7-4-3-5-8-20)23(18-26)10-6-9-21-16-22(25(28)29)11-12-24(21)27/h3-5,7-8,11-12,16,23,30H,2,6,9-10,13-15,17-19H2,1H3,(H,28,29)/t23-,26+,27-/m0/s1. The molecule has 2 aliphatic carbocycles. The van der Waals surface area contributed by atoms with Crippen LogP contribution >= 0.6 is 0 Å². The van der Waals surface area contributed by atoms with E-state index in [1.165, 1.54) is 16.7 Å². The van der Waals surface area contributed by atoms with Crippen molar-refractivity contribution in [2.24, 2.45) is 5.92 Å². The Balaban J connectivity index is 1.73. The van der Waals surface area contributed by atoms with Crippen LogP contribution in [-0.4, -0.2) is 35.0 Å². The average Bonchev–Trinajstić information content (AvgIpc) is 2.91. The van der Waals surface area contributed by atoms with E-state index < -0.39 is 11.6 Å². The molecule has 1 fully saturated rings. The first-order valence-electron chi connectivity index (χ1n) is 11.7. The number of benzene rings is 2. The number of aromatic carboxylic acids is 1. The summed E-state index contributed by atoms with van der Waals surface area (Å²) in [6, 6.07) is 16.3. The van der Waals surface area contributed by atoms with Crippen LogP contribution in [0.1, 0.15) is 72.5 Å². The number of hydrogen-bond acceptors (Lipinski definition) is 3. The number of aryl methyl sites for hydroxylation is 1. The second kappa shape index (κ2) is 9.13. The number of rotatable bonds is 7. The Bertz CT molecular complexity index is 909. The number of hydrogen-bond donors (Lipinski definition) is 2. The van der Waals surface area contributed by atoms with Crippen LogP contribution in [0.25, 0.3) is 0 Å². The van der Waals surface area contributed by atoms with Gasteiger partial charge in [-0.2, -0.15) is 0 Å². The number of carbonyl (C=O) groups is 1. The number of fused-ring (bicyclic) bond motifs is 3. The van der Waals surface area contributed by atoms with Gasteiger partial charge in [-0.3, -0.25) is 0 Å². The molecule has 0 radical (unpaired) electrons. The molecule has 0 amide bonds. The van der Waals surface area contributed by atoms with Crippen LogP contribution in [-0.2, 0) is 23.0 Å². The van der Waals surface area contributed by atoms with E-state index >= 15 is 0 Å². The van der Waals surface area contributed by atoms with Gasteiger partial charge in [-0.15, -0.1) is 0 Å². The zero-order chi connectivity index (χ0) is 21.9. The van der Waals surface area contributed by atoms with E-state index in [9.17, 15) is 15.0 Å². The van der Waals surface area contributed by atoms with Gasteiger partial charge in [0.15, 0.2) is 0 Å². The predicted octanol–water partition coefficient (Wildman–Crippen LogP) is 5.16. The van der Waals surface area contributed by atoms with Gasteiger partial charge in [-0.1, -0.05) is 43.3 Å². The molecule has 4 heteroatoms. The van der Waals surface area contributed by atoms with Crippen LogP contribution in [0.3, 0.4) is 0 Å². The molecule has 4 nitrogen and oxygen atoms in total. The summed E-state index contributed by atoms with van der Waals surface area (Å²) in [5.41, 5.74) is 3.28. The van der Waals surface area contributed by atoms with Crippen molar-refractivity contribution in [1.29, 1.82) is 0 Å². The van der Waals surface area contributed by atoms with E-state index in [-0.39, 0.29) is 5.41 Å². The smallest absolute Gasteiger partial charge is 0.335 e. The number of ether oxygens (including phenoxy) is 1. The molecular formula is C27H34O4. The quantitative estimate of drug-likeness (QED) is 0.605. The van der Waals surface area contributed by atoms with Gasteiger partial charge in [0.05, 0.1) is 17.8 Å². The molecule has 31 heavy (non-hydrogen) atoms. The van der Waals surface area contributed by atoms with Gasteiger partial charge in [-0.05, 0) is 86.1 Å². The lowest BCUT2D eigenvalue weighted by atomic mass is 9.56. The molecule has 0 spiro atoms.